The maximum atomic E-state index is 13.6. The fraction of sp³-hybridized carbons (Fsp3) is 0. The van der Waals surface area contributed by atoms with Crippen molar-refractivity contribution < 1.29 is 8.78 Å². The van der Waals surface area contributed by atoms with Crippen molar-refractivity contribution in [1.29, 1.82) is 0 Å². The molecule has 0 atom stereocenters. The second-order valence-corrected chi connectivity index (χ2v) is 12.9. The number of hydrogen-bond acceptors (Lipinski definition) is 1. The maximum absolute atomic E-state index is 13.6. The van der Waals surface area contributed by atoms with Gasteiger partial charge in [0.1, 0.15) is 11.6 Å². The first kappa shape index (κ1) is 31.2. The van der Waals surface area contributed by atoms with E-state index in [1.807, 2.05) is 6.07 Å². The van der Waals surface area contributed by atoms with Gasteiger partial charge in [-0.05, 0) is 118 Å². The summed E-state index contributed by atoms with van der Waals surface area (Å²) in [5, 5.41) is 2.43. The van der Waals surface area contributed by atoms with Crippen molar-refractivity contribution in [2.45, 2.75) is 0 Å². The van der Waals surface area contributed by atoms with Crippen molar-refractivity contribution in [3.63, 3.8) is 0 Å². The third-order valence-electron chi connectivity index (χ3n) is 9.75. The Hall–Kier alpha value is -6.78. The van der Waals surface area contributed by atoms with Gasteiger partial charge in [0, 0.05) is 33.5 Å². The second kappa shape index (κ2) is 13.2. The molecule has 0 saturated carbocycles. The average molecular weight is 675 g/mol. The summed E-state index contributed by atoms with van der Waals surface area (Å²) in [6.45, 7) is 0. The van der Waals surface area contributed by atoms with Crippen molar-refractivity contribution in [3.8, 4) is 39.1 Å². The first-order valence-electron chi connectivity index (χ1n) is 17.3. The predicted octanol–water partition coefficient (Wildman–Crippen LogP) is 13.5. The van der Waals surface area contributed by atoms with Crippen molar-refractivity contribution in [2.75, 3.05) is 4.90 Å². The number of para-hydroxylation sites is 2. The number of fused-ring (bicyclic) bond motifs is 3. The fourth-order valence-corrected chi connectivity index (χ4v) is 7.24. The zero-order chi connectivity index (χ0) is 35.0. The van der Waals surface area contributed by atoms with Crippen LogP contribution in [0.5, 0.6) is 0 Å². The summed E-state index contributed by atoms with van der Waals surface area (Å²) in [6.07, 6.45) is 0. The van der Waals surface area contributed by atoms with Crippen LogP contribution < -0.4 is 4.90 Å². The summed E-state index contributed by atoms with van der Waals surface area (Å²) in [5.41, 5.74) is 12.7. The summed E-state index contributed by atoms with van der Waals surface area (Å²) >= 11 is 0. The molecule has 0 unspecified atom stereocenters. The van der Waals surface area contributed by atoms with Gasteiger partial charge in [-0.15, -0.1) is 0 Å². The molecule has 9 rings (SSSR count). The monoisotopic (exact) mass is 674 g/mol. The Balaban J connectivity index is 1.13. The summed E-state index contributed by atoms with van der Waals surface area (Å²) in [6, 6.07) is 64.2. The molecule has 0 amide bonds. The molecular weight excluding hydrogens is 643 g/mol. The van der Waals surface area contributed by atoms with Gasteiger partial charge in [0.15, 0.2) is 0 Å². The molecule has 52 heavy (non-hydrogen) atoms. The van der Waals surface area contributed by atoms with Crippen molar-refractivity contribution in [3.05, 3.63) is 206 Å². The SMILES string of the molecule is Fc1ccc(-c2ccc(N(c3ccc(-c4ccc(F)cc4)cc3)c3ccc(-c4cccc5c4c4ccccc4n5-c4ccccc4)cc3)cc2)cc1. The molecule has 0 N–H and O–H groups in total. The van der Waals surface area contributed by atoms with Gasteiger partial charge in [0.25, 0.3) is 0 Å². The Morgan fingerprint density at radius 2 is 0.769 bits per heavy atom. The lowest BCUT2D eigenvalue weighted by atomic mass is 9.99. The van der Waals surface area contributed by atoms with Crippen LogP contribution in [0, 0.1) is 11.6 Å². The van der Waals surface area contributed by atoms with Crippen LogP contribution in [0.2, 0.25) is 0 Å². The molecule has 0 spiro atoms. The average Bonchev–Trinajstić information content (AvgIpc) is 3.55. The van der Waals surface area contributed by atoms with E-state index < -0.39 is 0 Å². The lowest BCUT2D eigenvalue weighted by Gasteiger charge is -2.26. The highest BCUT2D eigenvalue weighted by molar-refractivity contribution is 6.15. The minimum absolute atomic E-state index is 0.253. The zero-order valence-corrected chi connectivity index (χ0v) is 28.1. The lowest BCUT2D eigenvalue weighted by Crippen LogP contribution is -2.09. The van der Waals surface area contributed by atoms with E-state index in [1.54, 1.807) is 24.3 Å². The van der Waals surface area contributed by atoms with Gasteiger partial charge in [-0.25, -0.2) is 8.78 Å². The van der Waals surface area contributed by atoms with Crippen molar-refractivity contribution >= 4 is 38.9 Å². The van der Waals surface area contributed by atoms with Crippen LogP contribution in [-0.4, -0.2) is 4.57 Å². The van der Waals surface area contributed by atoms with E-state index in [2.05, 4.69) is 149 Å². The van der Waals surface area contributed by atoms with Crippen molar-refractivity contribution in [2.24, 2.45) is 0 Å². The standard InChI is InChI=1S/C48H32F2N2/c49-38-23-13-33(14-24-38)35-17-27-41(28-18-35)51(42-29-19-36(20-30-42)34-15-25-39(50)26-16-34)43-31-21-37(22-32-43)44-10-6-12-47-48(44)45-9-4-5-11-46(45)52(47)40-7-2-1-3-8-40/h1-32H. The van der Waals surface area contributed by atoms with Gasteiger partial charge < -0.3 is 9.47 Å². The molecule has 4 heteroatoms. The first-order valence-corrected chi connectivity index (χ1v) is 17.3. The van der Waals surface area contributed by atoms with Crippen LogP contribution in [0.3, 0.4) is 0 Å². The topological polar surface area (TPSA) is 8.17 Å². The molecule has 248 valence electrons. The largest absolute Gasteiger partial charge is 0.311 e. The van der Waals surface area contributed by atoms with Gasteiger partial charge in [0.05, 0.1) is 11.0 Å². The lowest BCUT2D eigenvalue weighted by molar-refractivity contribution is 0.627. The number of halogens is 2. The molecular formula is C48H32F2N2. The van der Waals surface area contributed by atoms with Gasteiger partial charge in [0.2, 0.25) is 0 Å². The van der Waals surface area contributed by atoms with Crippen LogP contribution in [0.15, 0.2) is 194 Å². The summed E-state index contributed by atoms with van der Waals surface area (Å²) in [5.74, 6) is -0.505. The highest BCUT2D eigenvalue weighted by Gasteiger charge is 2.17. The van der Waals surface area contributed by atoms with Crippen LogP contribution in [0.25, 0.3) is 60.9 Å². The minimum Gasteiger partial charge on any atom is -0.311 e. The molecule has 1 aromatic heterocycles. The van der Waals surface area contributed by atoms with E-state index in [0.717, 1.165) is 56.1 Å². The van der Waals surface area contributed by atoms with Gasteiger partial charge >= 0.3 is 0 Å². The third-order valence-corrected chi connectivity index (χ3v) is 9.75. The number of rotatable bonds is 7. The van der Waals surface area contributed by atoms with E-state index in [4.69, 9.17) is 0 Å². The van der Waals surface area contributed by atoms with E-state index in [1.165, 1.54) is 46.1 Å². The first-order chi connectivity index (χ1) is 25.6. The molecule has 0 aliphatic heterocycles. The zero-order valence-electron chi connectivity index (χ0n) is 28.1. The third kappa shape index (κ3) is 5.70. The summed E-state index contributed by atoms with van der Waals surface area (Å²) in [4.78, 5) is 2.23. The summed E-state index contributed by atoms with van der Waals surface area (Å²) < 4.78 is 29.6. The Labute approximate surface area is 301 Å². The molecule has 8 aromatic carbocycles. The Morgan fingerprint density at radius 1 is 0.346 bits per heavy atom. The normalized spacial score (nSPS) is 11.3. The van der Waals surface area contributed by atoms with E-state index >= 15 is 0 Å². The number of hydrogen-bond donors (Lipinski definition) is 0. The van der Waals surface area contributed by atoms with Crippen LogP contribution in [0.4, 0.5) is 25.8 Å². The Morgan fingerprint density at radius 3 is 1.29 bits per heavy atom. The quantitative estimate of drug-likeness (QED) is 0.163. The van der Waals surface area contributed by atoms with Gasteiger partial charge in [-0.1, -0.05) is 109 Å². The molecule has 0 radical (unpaired) electrons. The highest BCUT2D eigenvalue weighted by Crippen LogP contribution is 2.41. The minimum atomic E-state index is -0.253. The van der Waals surface area contributed by atoms with Gasteiger partial charge in [-0.2, -0.15) is 0 Å². The van der Waals surface area contributed by atoms with E-state index in [0.29, 0.717) is 0 Å². The smallest absolute Gasteiger partial charge is 0.123 e. The van der Waals surface area contributed by atoms with Crippen LogP contribution >= 0.6 is 0 Å². The molecule has 9 aromatic rings. The molecule has 1 heterocycles. The van der Waals surface area contributed by atoms with E-state index in [-0.39, 0.29) is 11.6 Å². The molecule has 0 fully saturated rings. The van der Waals surface area contributed by atoms with Crippen molar-refractivity contribution in [1.82, 2.24) is 4.57 Å². The molecule has 0 saturated heterocycles. The van der Waals surface area contributed by atoms with Crippen LogP contribution in [0.1, 0.15) is 0 Å². The number of aromatic nitrogens is 1. The molecule has 0 bridgehead atoms. The maximum Gasteiger partial charge on any atom is 0.123 e. The van der Waals surface area contributed by atoms with Gasteiger partial charge in [-0.3, -0.25) is 0 Å². The number of benzene rings is 8. The second-order valence-electron chi connectivity index (χ2n) is 12.9. The highest BCUT2D eigenvalue weighted by atomic mass is 19.1. The van der Waals surface area contributed by atoms with E-state index in [9.17, 15) is 8.78 Å². The number of nitrogens with zero attached hydrogens (tertiary/aromatic N) is 2. The molecule has 0 aliphatic carbocycles. The fourth-order valence-electron chi connectivity index (χ4n) is 7.24. The summed E-state index contributed by atoms with van der Waals surface area (Å²) in [7, 11) is 0. The molecule has 2 nitrogen and oxygen atoms in total. The Kier molecular flexibility index (Phi) is 7.90. The predicted molar refractivity (Wildman–Crippen MR) is 212 cm³/mol. The number of anilines is 3. The van der Waals surface area contributed by atoms with Crippen LogP contribution in [-0.2, 0) is 0 Å². The Bertz CT molecular complexity index is 2550. The molecule has 0 aliphatic rings.